The van der Waals surface area contributed by atoms with Gasteiger partial charge in [0.15, 0.2) is 11.5 Å². The third-order valence-corrected chi connectivity index (χ3v) is 3.72. The van der Waals surface area contributed by atoms with Crippen LogP contribution in [0.3, 0.4) is 0 Å². The maximum atomic E-state index is 4.54. The van der Waals surface area contributed by atoms with Crippen molar-refractivity contribution < 1.29 is 0 Å². The van der Waals surface area contributed by atoms with Gasteiger partial charge in [-0.2, -0.15) is 5.10 Å². The van der Waals surface area contributed by atoms with Gasteiger partial charge in [-0.3, -0.25) is 0 Å². The Morgan fingerprint density at radius 1 is 1.16 bits per heavy atom. The highest BCUT2D eigenvalue weighted by Gasteiger charge is 2.05. The van der Waals surface area contributed by atoms with Crippen LogP contribution in [0.1, 0.15) is 17.0 Å². The number of fused-ring (bicyclic) bond motifs is 1. The Morgan fingerprint density at radius 3 is 2.84 bits per heavy atom. The summed E-state index contributed by atoms with van der Waals surface area (Å²) in [6.45, 7) is 2.14. The summed E-state index contributed by atoms with van der Waals surface area (Å²) in [5.41, 5.74) is 3.57. The van der Waals surface area contributed by atoms with E-state index in [0.717, 1.165) is 28.8 Å². The summed E-state index contributed by atoms with van der Waals surface area (Å²) in [6.07, 6.45) is 3.76. The fraction of sp³-hybridized carbons (Fsp3) is 0.200. The lowest BCUT2D eigenvalue weighted by Crippen LogP contribution is -1.96. The smallest absolute Gasteiger partial charge is 0.156 e. The maximum Gasteiger partial charge on any atom is 0.156 e. The largest absolute Gasteiger partial charge is 0.221 e. The first kappa shape index (κ1) is 12.4. The van der Waals surface area contributed by atoms with Crippen molar-refractivity contribution in [2.24, 2.45) is 0 Å². The molecule has 3 nitrogen and oxygen atoms in total. The van der Waals surface area contributed by atoms with Gasteiger partial charge in [-0.1, -0.05) is 40.2 Å². The van der Waals surface area contributed by atoms with E-state index in [1.54, 1.807) is 0 Å². The van der Waals surface area contributed by atoms with Gasteiger partial charge in [0.1, 0.15) is 0 Å². The van der Waals surface area contributed by atoms with Crippen molar-refractivity contribution in [3.05, 3.63) is 64.0 Å². The average molecular weight is 316 g/mol. The molecular weight excluding hydrogens is 302 g/mol. The first-order chi connectivity index (χ1) is 9.22. The van der Waals surface area contributed by atoms with Crippen molar-refractivity contribution in [3.8, 4) is 0 Å². The van der Waals surface area contributed by atoms with Crippen molar-refractivity contribution in [1.82, 2.24) is 14.6 Å². The highest BCUT2D eigenvalue weighted by Crippen LogP contribution is 2.13. The number of benzene rings is 1. The number of aryl methyl sites for hydroxylation is 3. The number of rotatable bonds is 3. The summed E-state index contributed by atoms with van der Waals surface area (Å²) in [5, 5.41) is 4.48. The molecule has 0 aliphatic rings. The Bertz CT molecular complexity index is 718. The monoisotopic (exact) mass is 315 g/mol. The van der Waals surface area contributed by atoms with E-state index in [2.05, 4.69) is 57.2 Å². The Labute approximate surface area is 120 Å². The van der Waals surface area contributed by atoms with Gasteiger partial charge in [-0.25, -0.2) is 9.50 Å². The minimum absolute atomic E-state index is 0.865. The molecule has 0 saturated carbocycles. The van der Waals surface area contributed by atoms with Crippen molar-refractivity contribution in [2.75, 3.05) is 0 Å². The number of hydrogen-bond acceptors (Lipinski definition) is 2. The predicted octanol–water partition coefficient (Wildman–Crippen LogP) is 3.59. The highest BCUT2D eigenvalue weighted by atomic mass is 79.9. The summed E-state index contributed by atoms with van der Waals surface area (Å²) in [7, 11) is 0. The summed E-state index contributed by atoms with van der Waals surface area (Å²) < 4.78 is 2.84. The summed E-state index contributed by atoms with van der Waals surface area (Å²) in [6, 6.07) is 12.4. The molecule has 0 spiro atoms. The third-order valence-electron chi connectivity index (χ3n) is 3.22. The molecule has 0 unspecified atom stereocenters. The molecule has 96 valence electrons. The molecule has 0 radical (unpaired) electrons. The van der Waals surface area contributed by atoms with Crippen LogP contribution in [0.5, 0.6) is 0 Å². The minimum atomic E-state index is 0.865. The summed E-state index contributed by atoms with van der Waals surface area (Å²) in [4.78, 5) is 4.54. The second kappa shape index (κ2) is 5.13. The van der Waals surface area contributed by atoms with Crippen LogP contribution in [0, 0.1) is 6.92 Å². The van der Waals surface area contributed by atoms with Gasteiger partial charge in [0.2, 0.25) is 0 Å². The van der Waals surface area contributed by atoms with Crippen LogP contribution in [0.25, 0.3) is 5.65 Å². The first-order valence-electron chi connectivity index (χ1n) is 6.28. The lowest BCUT2D eigenvalue weighted by atomic mass is 10.0. The maximum absolute atomic E-state index is 4.54. The van der Waals surface area contributed by atoms with Crippen molar-refractivity contribution in [2.45, 2.75) is 19.8 Å². The lowest BCUT2D eigenvalue weighted by Gasteiger charge is -2.02. The van der Waals surface area contributed by atoms with E-state index in [9.17, 15) is 0 Å². The van der Waals surface area contributed by atoms with Crippen LogP contribution in [0.4, 0.5) is 0 Å². The number of hydrogen-bond donors (Lipinski definition) is 0. The molecule has 0 N–H and O–H groups in total. The molecule has 19 heavy (non-hydrogen) atoms. The Morgan fingerprint density at radius 2 is 2.00 bits per heavy atom. The number of halogens is 1. The molecule has 0 aliphatic carbocycles. The van der Waals surface area contributed by atoms with Crippen molar-refractivity contribution in [1.29, 1.82) is 0 Å². The predicted molar refractivity (Wildman–Crippen MR) is 79.3 cm³/mol. The molecule has 3 rings (SSSR count). The minimum Gasteiger partial charge on any atom is -0.221 e. The van der Waals surface area contributed by atoms with Crippen molar-refractivity contribution in [3.63, 3.8) is 0 Å². The first-order valence-corrected chi connectivity index (χ1v) is 7.07. The molecule has 0 atom stereocenters. The Balaban J connectivity index is 1.80. The number of aromatic nitrogens is 3. The van der Waals surface area contributed by atoms with Crippen molar-refractivity contribution >= 4 is 21.6 Å². The summed E-state index contributed by atoms with van der Waals surface area (Å²) >= 11 is 3.45. The standard InChI is InChI=1S/C15H14BrN3/c1-11-4-2-3-5-12(11)6-7-14-17-15-10-13(16)8-9-19(15)18-14/h2-5,8-10H,6-7H2,1H3. The van der Waals surface area contributed by atoms with Gasteiger partial charge in [0, 0.05) is 17.1 Å². The SMILES string of the molecule is Cc1ccccc1CCc1nc2cc(Br)ccn2n1. The van der Waals surface area contributed by atoms with Gasteiger partial charge < -0.3 is 0 Å². The van der Waals surface area contributed by atoms with Crippen LogP contribution in [0.2, 0.25) is 0 Å². The van der Waals surface area contributed by atoms with Gasteiger partial charge in [0.05, 0.1) is 0 Å². The average Bonchev–Trinajstić information content (AvgIpc) is 2.79. The molecule has 0 aliphatic heterocycles. The van der Waals surface area contributed by atoms with E-state index in [1.165, 1.54) is 11.1 Å². The Kier molecular flexibility index (Phi) is 3.34. The molecule has 0 bridgehead atoms. The van der Waals surface area contributed by atoms with Crippen LogP contribution in [-0.4, -0.2) is 14.6 Å². The van der Waals surface area contributed by atoms with Gasteiger partial charge in [-0.15, -0.1) is 0 Å². The van der Waals surface area contributed by atoms with Crippen LogP contribution in [-0.2, 0) is 12.8 Å². The van der Waals surface area contributed by atoms with Gasteiger partial charge >= 0.3 is 0 Å². The van der Waals surface area contributed by atoms with Gasteiger partial charge in [0.25, 0.3) is 0 Å². The van der Waals surface area contributed by atoms with E-state index in [4.69, 9.17) is 0 Å². The fourth-order valence-electron chi connectivity index (χ4n) is 2.15. The molecule has 2 aromatic heterocycles. The Hall–Kier alpha value is -1.68. The highest BCUT2D eigenvalue weighted by molar-refractivity contribution is 9.10. The molecule has 3 aromatic rings. The van der Waals surface area contributed by atoms with E-state index in [-0.39, 0.29) is 0 Å². The fourth-order valence-corrected chi connectivity index (χ4v) is 2.47. The normalized spacial score (nSPS) is 11.1. The van der Waals surface area contributed by atoms with Crippen LogP contribution in [0.15, 0.2) is 47.1 Å². The summed E-state index contributed by atoms with van der Waals surface area (Å²) in [5.74, 6) is 0.890. The topological polar surface area (TPSA) is 30.2 Å². The third kappa shape index (κ3) is 2.68. The zero-order valence-corrected chi connectivity index (χ0v) is 12.3. The number of pyridine rings is 1. The van der Waals surface area contributed by atoms with Gasteiger partial charge in [-0.05, 0) is 36.6 Å². The molecule has 2 heterocycles. The lowest BCUT2D eigenvalue weighted by molar-refractivity contribution is 0.833. The van der Waals surface area contributed by atoms with E-state index in [0.29, 0.717) is 0 Å². The second-order valence-corrected chi connectivity index (χ2v) is 5.52. The van der Waals surface area contributed by atoms with E-state index < -0.39 is 0 Å². The van der Waals surface area contributed by atoms with Crippen LogP contribution >= 0.6 is 15.9 Å². The van der Waals surface area contributed by atoms with E-state index in [1.807, 2.05) is 22.8 Å². The molecule has 0 amide bonds. The zero-order chi connectivity index (χ0) is 13.2. The molecule has 1 aromatic carbocycles. The van der Waals surface area contributed by atoms with E-state index >= 15 is 0 Å². The van der Waals surface area contributed by atoms with Crippen LogP contribution < -0.4 is 0 Å². The molecule has 0 fully saturated rings. The second-order valence-electron chi connectivity index (χ2n) is 4.60. The number of nitrogens with zero attached hydrogens (tertiary/aromatic N) is 3. The molecule has 4 heteroatoms. The molecular formula is C15H14BrN3. The zero-order valence-electron chi connectivity index (χ0n) is 10.7. The molecule has 0 saturated heterocycles. The quantitative estimate of drug-likeness (QED) is 0.739.